The van der Waals surface area contributed by atoms with Crippen LogP contribution in [0.25, 0.3) is 0 Å². The van der Waals surface area contributed by atoms with Gasteiger partial charge < -0.3 is 22.8 Å². The molecule has 1 aromatic carbocycles. The predicted molar refractivity (Wildman–Crippen MR) is 172 cm³/mol. The third-order valence-corrected chi connectivity index (χ3v) is 23.1. The summed E-state index contributed by atoms with van der Waals surface area (Å²) in [7, 11) is -6.80. The molecule has 40 heavy (non-hydrogen) atoms. The van der Waals surface area contributed by atoms with Gasteiger partial charge in [0.25, 0.3) is 0 Å². The number of esters is 1. The number of ether oxygens (including phenoxy) is 2. The van der Waals surface area contributed by atoms with Gasteiger partial charge in [-0.3, -0.25) is 0 Å². The van der Waals surface area contributed by atoms with Crippen molar-refractivity contribution in [3.05, 3.63) is 35.9 Å². The first-order chi connectivity index (χ1) is 17.9. The second-order valence-corrected chi connectivity index (χ2v) is 30.3. The first-order valence-corrected chi connectivity index (χ1v) is 23.5. The summed E-state index contributed by atoms with van der Waals surface area (Å²) in [6.45, 7) is 33.6. The predicted octanol–water partition coefficient (Wildman–Crippen LogP) is 8.30. The molecule has 1 aliphatic heterocycles. The molecule has 0 radical (unpaired) electrons. The van der Waals surface area contributed by atoms with Gasteiger partial charge in [-0.25, -0.2) is 4.79 Å². The number of rotatable bonds is 10. The number of carbonyl (C=O) groups is 1. The molecule has 0 spiro atoms. The van der Waals surface area contributed by atoms with Crippen LogP contribution in [-0.4, -0.2) is 61.9 Å². The van der Waals surface area contributed by atoms with Gasteiger partial charge in [0.2, 0.25) is 0 Å². The van der Waals surface area contributed by atoms with E-state index in [9.17, 15) is 4.79 Å². The maximum atomic E-state index is 13.8. The van der Waals surface area contributed by atoms with Crippen molar-refractivity contribution in [1.29, 1.82) is 0 Å². The Labute approximate surface area is 248 Å². The van der Waals surface area contributed by atoms with E-state index in [1.165, 1.54) is 0 Å². The average molecular weight is 611 g/mol. The van der Waals surface area contributed by atoms with Gasteiger partial charge in [0.1, 0.15) is 12.2 Å². The van der Waals surface area contributed by atoms with Crippen molar-refractivity contribution in [3.63, 3.8) is 0 Å². The molecular formula is C31H58O6Si3. The highest BCUT2D eigenvalue weighted by Crippen LogP contribution is 2.43. The molecule has 1 aliphatic rings. The smallest absolute Gasteiger partial charge is 0.337 e. The zero-order chi connectivity index (χ0) is 30.9. The molecule has 6 nitrogen and oxygen atoms in total. The summed E-state index contributed by atoms with van der Waals surface area (Å²) in [5.41, 5.74) is 1.05. The monoisotopic (exact) mass is 610 g/mol. The Morgan fingerprint density at radius 3 is 1.65 bits per heavy atom. The van der Waals surface area contributed by atoms with Crippen LogP contribution >= 0.6 is 0 Å². The average Bonchev–Trinajstić information content (AvgIpc) is 2.77. The van der Waals surface area contributed by atoms with Crippen LogP contribution in [0, 0.1) is 0 Å². The van der Waals surface area contributed by atoms with Gasteiger partial charge in [0, 0.05) is 0 Å². The number of cyclic esters (lactones) is 1. The van der Waals surface area contributed by atoms with Crippen LogP contribution in [-0.2, 0) is 34.2 Å². The first-order valence-electron chi connectivity index (χ1n) is 14.8. The summed E-state index contributed by atoms with van der Waals surface area (Å²) in [5.74, 6) is -0.378. The minimum Gasteiger partial charge on any atom is -0.455 e. The Bertz CT molecular complexity index is 974. The molecular weight excluding hydrogens is 553 g/mol. The van der Waals surface area contributed by atoms with Gasteiger partial charge in [-0.15, -0.1) is 0 Å². The number of hydrogen-bond donors (Lipinski definition) is 0. The second-order valence-electron chi connectivity index (χ2n) is 15.9. The highest BCUT2D eigenvalue weighted by Gasteiger charge is 2.55. The summed E-state index contributed by atoms with van der Waals surface area (Å²) in [4.78, 5) is 13.8. The molecule has 4 atom stereocenters. The van der Waals surface area contributed by atoms with Crippen LogP contribution in [0.1, 0.15) is 67.9 Å². The lowest BCUT2D eigenvalue weighted by Crippen LogP contribution is -2.65. The van der Waals surface area contributed by atoms with Gasteiger partial charge in [-0.1, -0.05) is 92.6 Å². The van der Waals surface area contributed by atoms with Crippen molar-refractivity contribution in [2.75, 3.05) is 6.61 Å². The normalized spacial score (nSPS) is 23.7. The maximum Gasteiger partial charge on any atom is 0.337 e. The van der Waals surface area contributed by atoms with Gasteiger partial charge in [0.15, 0.2) is 37.2 Å². The van der Waals surface area contributed by atoms with E-state index < -0.39 is 49.4 Å². The van der Waals surface area contributed by atoms with Crippen LogP contribution in [0.4, 0.5) is 0 Å². The zero-order valence-corrected chi connectivity index (χ0v) is 31.1. The Hall–Kier alpha value is -0.819. The fraction of sp³-hybridized carbons (Fsp3) is 0.774. The third kappa shape index (κ3) is 8.61. The number of benzene rings is 1. The number of hydrogen-bond acceptors (Lipinski definition) is 6. The highest BCUT2D eigenvalue weighted by molar-refractivity contribution is 6.75. The maximum absolute atomic E-state index is 13.8. The van der Waals surface area contributed by atoms with E-state index in [0.717, 1.165) is 5.56 Å². The van der Waals surface area contributed by atoms with Gasteiger partial charge in [-0.2, -0.15) is 0 Å². The van der Waals surface area contributed by atoms with Crippen molar-refractivity contribution in [1.82, 2.24) is 0 Å². The topological polar surface area (TPSA) is 63.2 Å². The molecule has 1 fully saturated rings. The van der Waals surface area contributed by atoms with Gasteiger partial charge in [-0.05, 0) is 60.0 Å². The van der Waals surface area contributed by atoms with Crippen LogP contribution in [0.2, 0.25) is 54.4 Å². The van der Waals surface area contributed by atoms with Crippen molar-refractivity contribution < 1.29 is 27.5 Å². The molecule has 0 N–H and O–H groups in total. The standard InChI is InChI=1S/C31H58O6Si3/c1-29(2,3)38(10,11)34-22-24-25(33-21-23-19-17-16-18-20-23)26(36-39(12,13)30(4,5)6)27(28(32)35-24)37-40(14,15)31(7,8)9/h16-20,24-27H,21-22H2,1-15H3/t24-,25+,26+,27+/m0/s1. The minimum absolute atomic E-state index is 0.0249. The lowest BCUT2D eigenvalue weighted by atomic mass is 9.99. The van der Waals surface area contributed by atoms with Crippen molar-refractivity contribution in [2.45, 2.75) is 148 Å². The second kappa shape index (κ2) is 12.4. The SMILES string of the molecule is CC(C)(C)[Si](C)(C)OC[C@@H]1OC(=O)[C@H](O[Si](C)(C)C(C)(C)C)[C@H](O[Si](C)(C)C(C)(C)C)[C@@H]1OCc1ccccc1. The molecule has 0 aliphatic carbocycles. The third-order valence-electron chi connectivity index (χ3n) is 9.65. The van der Waals surface area contributed by atoms with E-state index in [1.54, 1.807) is 0 Å². The molecule has 0 saturated carbocycles. The molecule has 9 heteroatoms. The molecule has 1 saturated heterocycles. The lowest BCUT2D eigenvalue weighted by molar-refractivity contribution is -0.212. The summed E-state index contributed by atoms with van der Waals surface area (Å²) >= 11 is 0. The van der Waals surface area contributed by atoms with E-state index in [-0.39, 0.29) is 27.7 Å². The van der Waals surface area contributed by atoms with Crippen LogP contribution in [0.5, 0.6) is 0 Å². The largest absolute Gasteiger partial charge is 0.455 e. The summed E-state index contributed by atoms with van der Waals surface area (Å²) < 4.78 is 33.3. The van der Waals surface area contributed by atoms with E-state index >= 15 is 0 Å². The quantitative estimate of drug-likeness (QED) is 0.196. The van der Waals surface area contributed by atoms with Gasteiger partial charge >= 0.3 is 5.97 Å². The molecule has 0 aromatic heterocycles. The Morgan fingerprint density at radius 1 is 0.700 bits per heavy atom. The van der Waals surface area contributed by atoms with Crippen LogP contribution < -0.4 is 0 Å². The van der Waals surface area contributed by atoms with Crippen LogP contribution in [0.15, 0.2) is 30.3 Å². The Morgan fingerprint density at radius 2 is 1.18 bits per heavy atom. The molecule has 1 aromatic rings. The fourth-order valence-electron chi connectivity index (χ4n) is 3.66. The van der Waals surface area contributed by atoms with Crippen LogP contribution in [0.3, 0.4) is 0 Å². The summed E-state index contributed by atoms with van der Waals surface area (Å²) in [6.07, 6.45) is -2.60. The minimum atomic E-state index is -2.35. The van der Waals surface area contributed by atoms with E-state index in [0.29, 0.717) is 6.61 Å². The van der Waals surface area contributed by atoms with E-state index in [1.807, 2.05) is 30.3 Å². The highest BCUT2D eigenvalue weighted by atomic mass is 28.4. The van der Waals surface area contributed by atoms with Crippen molar-refractivity contribution in [2.24, 2.45) is 0 Å². The lowest BCUT2D eigenvalue weighted by Gasteiger charge is -2.49. The molecule has 0 unspecified atom stereocenters. The number of carbonyl (C=O) groups excluding carboxylic acids is 1. The molecule has 230 valence electrons. The molecule has 1 heterocycles. The van der Waals surface area contributed by atoms with E-state index in [2.05, 4.69) is 102 Å². The summed E-state index contributed by atoms with van der Waals surface area (Å²) in [5, 5.41) is -0.123. The fourth-order valence-corrected chi connectivity index (χ4v) is 7.19. The first kappa shape index (κ1) is 35.4. The Balaban J connectivity index is 2.56. The van der Waals surface area contributed by atoms with Crippen molar-refractivity contribution >= 4 is 30.9 Å². The molecule has 2 rings (SSSR count). The molecule has 0 amide bonds. The summed E-state index contributed by atoms with van der Waals surface area (Å²) in [6, 6.07) is 10.1. The zero-order valence-electron chi connectivity index (χ0n) is 28.1. The van der Waals surface area contributed by atoms with E-state index in [4.69, 9.17) is 22.8 Å². The van der Waals surface area contributed by atoms with Crippen molar-refractivity contribution in [3.8, 4) is 0 Å². The molecule has 0 bridgehead atoms. The Kier molecular flexibility index (Phi) is 11.0. The van der Waals surface area contributed by atoms with Gasteiger partial charge in [0.05, 0.1) is 13.2 Å².